The summed E-state index contributed by atoms with van der Waals surface area (Å²) in [6.45, 7) is 3.66. The smallest absolute Gasteiger partial charge is 0.0232 e. The fraction of sp³-hybridized carbons (Fsp3) is 0.600. The van der Waals surface area contributed by atoms with Gasteiger partial charge in [-0.15, -0.1) is 6.58 Å². The lowest BCUT2D eigenvalue weighted by Crippen LogP contribution is -2.10. The molecular weight excluding hydrogens is 92.1 g/mol. The van der Waals surface area contributed by atoms with Crippen LogP contribution in [0, 0.1) is 0 Å². The lowest BCUT2D eigenvalue weighted by Gasteiger charge is -2.19. The van der Waals surface area contributed by atoms with Gasteiger partial charge in [0.05, 0.1) is 0 Å². The molecule has 1 unspecified atom stereocenters. The number of hydrogen-bond donors (Lipinski definition) is 0. The van der Waals surface area contributed by atoms with E-state index < -0.39 is 0 Å². The van der Waals surface area contributed by atoms with Crippen molar-refractivity contribution in [2.24, 2.45) is 0 Å². The van der Waals surface area contributed by atoms with E-state index >= 15 is 0 Å². The Bertz CT molecular complexity index is 55.0. The molecule has 1 aliphatic rings. The first-order valence-corrected chi connectivity index (χ1v) is 3.22. The summed E-state index contributed by atoms with van der Waals surface area (Å²) in [7, 11) is 0. The Morgan fingerprint density at radius 2 is 2.50 bits per heavy atom. The maximum atomic E-state index is 3.66. The summed E-state index contributed by atoms with van der Waals surface area (Å²) in [5.74, 6) is 1.34. The quantitative estimate of drug-likeness (QED) is 0.452. The second-order valence-electron chi connectivity index (χ2n) is 1.43. The Hall–Kier alpha value is 0.0900. The van der Waals surface area contributed by atoms with Gasteiger partial charge in [0.2, 0.25) is 0 Å². The zero-order chi connectivity index (χ0) is 4.41. The van der Waals surface area contributed by atoms with E-state index in [0.717, 1.165) is 5.25 Å². The van der Waals surface area contributed by atoms with Crippen LogP contribution in [-0.2, 0) is 0 Å². The van der Waals surface area contributed by atoms with Gasteiger partial charge in [-0.05, 0) is 12.2 Å². The van der Waals surface area contributed by atoms with Gasteiger partial charge < -0.3 is 0 Å². The van der Waals surface area contributed by atoms with E-state index in [1.165, 1.54) is 12.2 Å². The van der Waals surface area contributed by atoms with E-state index in [-0.39, 0.29) is 0 Å². The highest BCUT2D eigenvalue weighted by Gasteiger charge is 2.12. The van der Waals surface area contributed by atoms with Crippen LogP contribution in [0.3, 0.4) is 0 Å². The minimum absolute atomic E-state index is 0.796. The molecule has 0 bridgehead atoms. The van der Waals surface area contributed by atoms with Gasteiger partial charge in [-0.2, -0.15) is 11.8 Å². The van der Waals surface area contributed by atoms with E-state index in [2.05, 4.69) is 6.58 Å². The first-order chi connectivity index (χ1) is 2.93. The molecule has 1 saturated heterocycles. The van der Waals surface area contributed by atoms with Crippen LogP contribution in [0.4, 0.5) is 0 Å². The third-order valence-electron chi connectivity index (χ3n) is 0.997. The molecule has 0 N–H and O–H groups in total. The van der Waals surface area contributed by atoms with Crippen molar-refractivity contribution in [2.45, 2.75) is 11.7 Å². The first kappa shape index (κ1) is 4.25. The zero-order valence-corrected chi connectivity index (χ0v) is 4.50. The molecule has 1 atom stereocenters. The molecule has 1 aliphatic heterocycles. The van der Waals surface area contributed by atoms with Crippen molar-refractivity contribution < 1.29 is 0 Å². The molecule has 0 aliphatic carbocycles. The SMILES string of the molecule is C=CC1CCS1. The predicted octanol–water partition coefficient (Wildman–Crippen LogP) is 1.68. The van der Waals surface area contributed by atoms with E-state index in [9.17, 15) is 0 Å². The Morgan fingerprint density at radius 1 is 1.83 bits per heavy atom. The van der Waals surface area contributed by atoms with Crippen LogP contribution in [0.1, 0.15) is 6.42 Å². The lowest BCUT2D eigenvalue weighted by atomic mass is 10.3. The van der Waals surface area contributed by atoms with Gasteiger partial charge >= 0.3 is 0 Å². The Balaban J connectivity index is 2.16. The third kappa shape index (κ3) is 0.597. The van der Waals surface area contributed by atoms with E-state index in [0.29, 0.717) is 0 Å². The average molecular weight is 100 g/mol. The Morgan fingerprint density at radius 3 is 2.50 bits per heavy atom. The molecule has 0 aromatic rings. The molecule has 6 heavy (non-hydrogen) atoms. The molecule has 0 spiro atoms. The normalized spacial score (nSPS) is 31.7. The molecular formula is C5H8S. The van der Waals surface area contributed by atoms with Gasteiger partial charge in [0.25, 0.3) is 0 Å². The van der Waals surface area contributed by atoms with E-state index in [1.54, 1.807) is 0 Å². The lowest BCUT2D eigenvalue weighted by molar-refractivity contribution is 0.931. The monoisotopic (exact) mass is 100 g/mol. The van der Waals surface area contributed by atoms with Crippen LogP contribution in [0.15, 0.2) is 12.7 Å². The molecule has 1 fully saturated rings. The topological polar surface area (TPSA) is 0 Å². The van der Waals surface area contributed by atoms with Crippen LogP contribution in [-0.4, -0.2) is 11.0 Å². The standard InChI is InChI=1S/C5H8S/c1-2-5-3-4-6-5/h2,5H,1,3-4H2. The largest absolute Gasteiger partial charge is 0.154 e. The zero-order valence-electron chi connectivity index (χ0n) is 3.68. The molecule has 1 heterocycles. The third-order valence-corrected chi connectivity index (χ3v) is 2.32. The second kappa shape index (κ2) is 1.69. The predicted molar refractivity (Wildman–Crippen MR) is 31.1 cm³/mol. The summed E-state index contributed by atoms with van der Waals surface area (Å²) in [6, 6.07) is 0. The van der Waals surface area contributed by atoms with E-state index in [4.69, 9.17) is 0 Å². The van der Waals surface area contributed by atoms with Gasteiger partial charge in [0.1, 0.15) is 0 Å². The van der Waals surface area contributed by atoms with Crippen molar-refractivity contribution in [2.75, 3.05) is 5.75 Å². The van der Waals surface area contributed by atoms with Crippen LogP contribution >= 0.6 is 11.8 Å². The molecule has 1 heteroatoms. The van der Waals surface area contributed by atoms with E-state index in [1.807, 2.05) is 17.8 Å². The second-order valence-corrected chi connectivity index (χ2v) is 2.78. The average Bonchev–Trinajstić information content (AvgIpc) is 1.31. The van der Waals surface area contributed by atoms with Crippen molar-refractivity contribution >= 4 is 11.8 Å². The van der Waals surface area contributed by atoms with Gasteiger partial charge in [-0.25, -0.2) is 0 Å². The fourth-order valence-corrected chi connectivity index (χ4v) is 1.08. The van der Waals surface area contributed by atoms with Crippen LogP contribution < -0.4 is 0 Å². The van der Waals surface area contributed by atoms with Crippen LogP contribution in [0.25, 0.3) is 0 Å². The number of thioether (sulfide) groups is 1. The highest BCUT2D eigenvalue weighted by molar-refractivity contribution is 8.01. The summed E-state index contributed by atoms with van der Waals surface area (Å²) >= 11 is 1.99. The summed E-state index contributed by atoms with van der Waals surface area (Å²) in [5, 5.41) is 0.796. The van der Waals surface area contributed by atoms with Crippen molar-refractivity contribution in [1.29, 1.82) is 0 Å². The summed E-state index contributed by atoms with van der Waals surface area (Å²) < 4.78 is 0. The molecule has 1 rings (SSSR count). The van der Waals surface area contributed by atoms with Gasteiger partial charge in [0, 0.05) is 5.25 Å². The minimum Gasteiger partial charge on any atom is -0.154 e. The Labute approximate surface area is 42.6 Å². The molecule has 34 valence electrons. The number of rotatable bonds is 1. The van der Waals surface area contributed by atoms with Gasteiger partial charge in [0.15, 0.2) is 0 Å². The molecule has 0 amide bonds. The highest BCUT2D eigenvalue weighted by atomic mass is 32.2. The van der Waals surface area contributed by atoms with Crippen LogP contribution in [0.5, 0.6) is 0 Å². The molecule has 0 aromatic heterocycles. The molecule has 0 aromatic carbocycles. The van der Waals surface area contributed by atoms with Crippen LogP contribution in [0.2, 0.25) is 0 Å². The highest BCUT2D eigenvalue weighted by Crippen LogP contribution is 2.27. The summed E-state index contributed by atoms with van der Waals surface area (Å²) in [4.78, 5) is 0. The minimum atomic E-state index is 0.796. The summed E-state index contributed by atoms with van der Waals surface area (Å²) in [5.41, 5.74) is 0. The molecule has 0 nitrogen and oxygen atoms in total. The molecule has 0 saturated carbocycles. The maximum absolute atomic E-state index is 3.66. The number of hydrogen-bond acceptors (Lipinski definition) is 1. The van der Waals surface area contributed by atoms with Crippen molar-refractivity contribution in [3.05, 3.63) is 12.7 Å². The summed E-state index contributed by atoms with van der Waals surface area (Å²) in [6.07, 6.45) is 3.38. The molecule has 0 radical (unpaired) electrons. The fourth-order valence-electron chi connectivity index (χ4n) is 0.440. The first-order valence-electron chi connectivity index (χ1n) is 2.17. The van der Waals surface area contributed by atoms with Gasteiger partial charge in [-0.3, -0.25) is 0 Å². The van der Waals surface area contributed by atoms with Crippen molar-refractivity contribution in [3.63, 3.8) is 0 Å². The van der Waals surface area contributed by atoms with Crippen molar-refractivity contribution in [1.82, 2.24) is 0 Å². The Kier molecular flexibility index (Phi) is 1.20. The maximum Gasteiger partial charge on any atom is 0.0232 e. The van der Waals surface area contributed by atoms with Gasteiger partial charge in [-0.1, -0.05) is 6.08 Å². The van der Waals surface area contributed by atoms with Crippen molar-refractivity contribution in [3.8, 4) is 0 Å².